The van der Waals surface area contributed by atoms with Gasteiger partial charge in [-0.2, -0.15) is 0 Å². The van der Waals surface area contributed by atoms with Crippen molar-refractivity contribution in [1.82, 2.24) is 15.2 Å². The van der Waals surface area contributed by atoms with Crippen LogP contribution in [0.2, 0.25) is 0 Å². The van der Waals surface area contributed by atoms with Crippen LogP contribution in [0.4, 0.5) is 4.39 Å². The van der Waals surface area contributed by atoms with E-state index < -0.39 is 24.1 Å². The topological polar surface area (TPSA) is 117 Å². The van der Waals surface area contributed by atoms with Crippen LogP contribution in [0, 0.1) is 5.82 Å². The fraction of sp³-hybridized carbons (Fsp3) is 0.458. The highest BCUT2D eigenvalue weighted by Gasteiger charge is 2.34. The zero-order valence-corrected chi connectivity index (χ0v) is 20.2. The van der Waals surface area contributed by atoms with Crippen molar-refractivity contribution in [3.8, 4) is 0 Å². The minimum absolute atomic E-state index is 0.0317. The van der Waals surface area contributed by atoms with Crippen molar-refractivity contribution < 1.29 is 28.9 Å². The predicted molar refractivity (Wildman–Crippen MR) is 129 cm³/mol. The molecule has 3 heterocycles. The number of nitrogens with one attached hydrogen (secondary N) is 1. The molecule has 4 rings (SSSR count). The molecule has 9 nitrogen and oxygen atoms in total. The minimum atomic E-state index is -1.29. The molecule has 1 aromatic heterocycles. The van der Waals surface area contributed by atoms with E-state index in [4.69, 9.17) is 19.6 Å². The van der Waals surface area contributed by atoms with Crippen LogP contribution in [0.1, 0.15) is 36.4 Å². The monoisotopic (exact) mass is 504 g/mol. The van der Waals surface area contributed by atoms with E-state index in [1.54, 1.807) is 31.3 Å². The molecule has 0 amide bonds. The maximum atomic E-state index is 14.9. The Morgan fingerprint density at radius 3 is 2.97 bits per heavy atom. The average molecular weight is 505 g/mol. The molecule has 35 heavy (non-hydrogen) atoms. The van der Waals surface area contributed by atoms with Gasteiger partial charge in [0.2, 0.25) is 0 Å². The highest BCUT2D eigenvalue weighted by Crippen LogP contribution is 2.36. The van der Waals surface area contributed by atoms with Gasteiger partial charge >= 0.3 is 5.97 Å². The molecule has 11 heteroatoms. The third-order valence-electron chi connectivity index (χ3n) is 5.88. The molecule has 0 bridgehead atoms. The smallest absolute Gasteiger partial charge is 0.303 e. The van der Waals surface area contributed by atoms with Gasteiger partial charge in [-0.15, -0.1) is 11.3 Å². The van der Waals surface area contributed by atoms with Crippen molar-refractivity contribution in [1.29, 1.82) is 0 Å². The lowest BCUT2D eigenvalue weighted by Gasteiger charge is -2.36. The molecule has 0 spiro atoms. The average Bonchev–Trinajstić information content (AvgIpc) is 3.38. The van der Waals surface area contributed by atoms with E-state index in [1.807, 2.05) is 5.38 Å². The molecular formula is C24H29FN4O5S. The molecular weight excluding hydrogens is 475 g/mol. The molecule has 3 atom stereocenters. The van der Waals surface area contributed by atoms with Crippen LogP contribution in [0.5, 0.6) is 0 Å². The molecule has 2 aliphatic heterocycles. The summed E-state index contributed by atoms with van der Waals surface area (Å²) in [5, 5.41) is 25.8. The Bertz CT molecular complexity index is 1080. The molecule has 1 fully saturated rings. The van der Waals surface area contributed by atoms with Crippen molar-refractivity contribution >= 4 is 23.1 Å². The van der Waals surface area contributed by atoms with E-state index in [0.717, 1.165) is 0 Å². The van der Waals surface area contributed by atoms with Crippen LogP contribution in [-0.4, -0.2) is 77.1 Å². The van der Waals surface area contributed by atoms with Crippen LogP contribution in [0.25, 0.3) is 0 Å². The van der Waals surface area contributed by atoms with Crippen molar-refractivity contribution in [3.63, 3.8) is 0 Å². The number of aliphatic hydroxyl groups excluding tert-OH is 1. The second kappa shape index (κ2) is 11.8. The van der Waals surface area contributed by atoms with Gasteiger partial charge in [-0.25, -0.2) is 9.37 Å². The lowest BCUT2D eigenvalue weighted by Crippen LogP contribution is -2.47. The number of aliphatic imine (C=N–C) groups is 1. The van der Waals surface area contributed by atoms with E-state index in [-0.39, 0.29) is 19.1 Å². The summed E-state index contributed by atoms with van der Waals surface area (Å²) < 4.78 is 26.2. The van der Waals surface area contributed by atoms with Crippen molar-refractivity contribution in [2.45, 2.75) is 38.2 Å². The molecule has 1 unspecified atom stereocenters. The number of aliphatic hydroxyl groups is 1. The zero-order valence-electron chi connectivity index (χ0n) is 19.4. The fourth-order valence-electron chi connectivity index (χ4n) is 4.26. The van der Waals surface area contributed by atoms with E-state index in [1.165, 1.54) is 17.4 Å². The highest BCUT2D eigenvalue weighted by molar-refractivity contribution is 7.11. The SMILES string of the molecule is CCOC(O)C1=C(CN2CCO[C@H](CCC(=O)O)C2)NC(c2nccs2)=N[C@H]1c1ccccc1F. The Morgan fingerprint density at radius 2 is 2.26 bits per heavy atom. The third-order valence-corrected chi connectivity index (χ3v) is 6.66. The number of carbonyl (C=O) groups is 1. The van der Waals surface area contributed by atoms with Crippen LogP contribution >= 0.6 is 11.3 Å². The fourth-order valence-corrected chi connectivity index (χ4v) is 4.85. The molecule has 2 aliphatic rings. The Hall–Kier alpha value is -2.70. The number of hydrogen-bond acceptors (Lipinski definition) is 9. The van der Waals surface area contributed by atoms with Crippen LogP contribution in [-0.2, 0) is 14.3 Å². The maximum absolute atomic E-state index is 14.9. The normalized spacial score (nSPS) is 22.0. The summed E-state index contributed by atoms with van der Waals surface area (Å²) in [6, 6.07) is 5.56. The summed E-state index contributed by atoms with van der Waals surface area (Å²) in [5.74, 6) is -0.796. The second-order valence-corrected chi connectivity index (χ2v) is 9.16. The Kier molecular flexibility index (Phi) is 8.58. The van der Waals surface area contributed by atoms with E-state index in [2.05, 4.69) is 15.2 Å². The quantitative estimate of drug-likeness (QED) is 0.423. The lowest BCUT2D eigenvalue weighted by atomic mass is 9.94. The van der Waals surface area contributed by atoms with Gasteiger partial charge < -0.3 is 25.0 Å². The molecule has 0 radical (unpaired) electrons. The first kappa shape index (κ1) is 25.4. The van der Waals surface area contributed by atoms with Crippen molar-refractivity contribution in [2.75, 3.05) is 32.8 Å². The number of hydrogen-bond donors (Lipinski definition) is 3. The predicted octanol–water partition coefficient (Wildman–Crippen LogP) is 2.55. The summed E-state index contributed by atoms with van der Waals surface area (Å²) >= 11 is 1.40. The summed E-state index contributed by atoms with van der Waals surface area (Å²) in [5.41, 5.74) is 1.42. The lowest BCUT2D eigenvalue weighted by molar-refractivity contribution is -0.138. The number of carboxylic acid groups (broad SMARTS) is 1. The summed E-state index contributed by atoms with van der Waals surface area (Å²) in [4.78, 5) is 22.2. The number of rotatable bonds is 10. The molecule has 1 saturated heterocycles. The highest BCUT2D eigenvalue weighted by atomic mass is 32.1. The number of carboxylic acids is 1. The number of ether oxygens (including phenoxy) is 2. The summed E-state index contributed by atoms with van der Waals surface area (Å²) in [6.07, 6.45) is 0.613. The second-order valence-electron chi connectivity index (χ2n) is 8.27. The Balaban J connectivity index is 1.69. The van der Waals surface area contributed by atoms with Crippen LogP contribution in [0.15, 0.2) is 52.1 Å². The molecule has 3 N–H and O–H groups in total. The molecule has 0 aliphatic carbocycles. The number of thiazole rings is 1. The van der Waals surface area contributed by atoms with Gasteiger partial charge in [-0.05, 0) is 19.4 Å². The first-order valence-corrected chi connectivity index (χ1v) is 12.4. The first-order chi connectivity index (χ1) is 17.0. The van der Waals surface area contributed by atoms with Crippen molar-refractivity contribution in [2.24, 2.45) is 4.99 Å². The van der Waals surface area contributed by atoms with Gasteiger partial charge in [0.25, 0.3) is 0 Å². The Labute approximate surface area is 206 Å². The van der Waals surface area contributed by atoms with Crippen LogP contribution in [0.3, 0.4) is 0 Å². The van der Waals surface area contributed by atoms with Crippen LogP contribution < -0.4 is 5.32 Å². The number of aromatic nitrogens is 1. The van der Waals surface area contributed by atoms with E-state index >= 15 is 0 Å². The van der Waals surface area contributed by atoms with Gasteiger partial charge in [0.1, 0.15) is 11.9 Å². The summed E-state index contributed by atoms with van der Waals surface area (Å²) in [6.45, 7) is 4.05. The third kappa shape index (κ3) is 6.30. The van der Waals surface area contributed by atoms with Crippen molar-refractivity contribution in [3.05, 3.63) is 63.5 Å². The molecule has 1 aromatic carbocycles. The van der Waals surface area contributed by atoms with Gasteiger partial charge in [-0.1, -0.05) is 18.2 Å². The summed E-state index contributed by atoms with van der Waals surface area (Å²) in [7, 11) is 0. The minimum Gasteiger partial charge on any atom is -0.481 e. The number of aliphatic carboxylic acids is 1. The van der Waals surface area contributed by atoms with E-state index in [9.17, 15) is 14.3 Å². The largest absolute Gasteiger partial charge is 0.481 e. The Morgan fingerprint density at radius 1 is 1.43 bits per heavy atom. The number of nitrogens with zero attached hydrogens (tertiary/aromatic N) is 3. The number of halogens is 1. The number of benzene rings is 1. The van der Waals surface area contributed by atoms with Gasteiger partial charge in [0.05, 0.1) is 12.7 Å². The van der Waals surface area contributed by atoms with Gasteiger partial charge in [0, 0.05) is 61.1 Å². The maximum Gasteiger partial charge on any atom is 0.303 e. The standard InChI is InChI=1S/C24H29FN4O5S/c1-2-33-24(32)20-18(14-29-10-11-34-15(13-29)7-8-19(30)31)27-22(23-26-9-12-35-23)28-21(20)16-5-3-4-6-17(16)25/h3-6,9,12,15,21,24,32H,2,7-8,10-11,13-14H2,1H3,(H,27,28)(H,30,31)/t15-,21+,24?/m1/s1. The van der Waals surface area contributed by atoms with Gasteiger partial charge in [-0.3, -0.25) is 14.7 Å². The zero-order chi connectivity index (χ0) is 24.8. The molecule has 2 aromatic rings. The number of morpholine rings is 1. The van der Waals surface area contributed by atoms with Gasteiger partial charge in [0.15, 0.2) is 17.1 Å². The molecule has 0 saturated carbocycles. The van der Waals surface area contributed by atoms with E-state index in [0.29, 0.717) is 60.3 Å². The first-order valence-electron chi connectivity index (χ1n) is 11.5. The number of amidine groups is 1. The molecule has 188 valence electrons.